The molecule has 0 aliphatic carbocycles. The number of hydrogen-bond donors (Lipinski definition) is 1. The summed E-state index contributed by atoms with van der Waals surface area (Å²) in [5, 5.41) is 3.11. The smallest absolute Gasteiger partial charge is 0.0488 e. The van der Waals surface area contributed by atoms with Crippen LogP contribution in [0.15, 0.2) is 0 Å². The van der Waals surface area contributed by atoms with Crippen molar-refractivity contribution in [3.63, 3.8) is 0 Å². The van der Waals surface area contributed by atoms with Crippen molar-refractivity contribution < 1.29 is 4.74 Å². The zero-order valence-electron chi connectivity index (χ0n) is 8.02. The average molecular weight is 159 g/mol. The number of nitrogens with one attached hydrogen (secondary N) is 1. The predicted molar refractivity (Wildman–Crippen MR) is 48.8 cm³/mol. The Morgan fingerprint density at radius 2 is 2.00 bits per heavy atom. The Hall–Kier alpha value is -0.0800. The lowest BCUT2D eigenvalue weighted by atomic mass is 10.2. The summed E-state index contributed by atoms with van der Waals surface area (Å²) in [4.78, 5) is 0. The van der Waals surface area contributed by atoms with E-state index in [-0.39, 0.29) is 0 Å². The lowest BCUT2D eigenvalue weighted by Gasteiger charge is -2.05. The second-order valence-electron chi connectivity index (χ2n) is 3.28. The first-order valence-electron chi connectivity index (χ1n) is 4.49. The Bertz CT molecular complexity index is 74.0. The van der Waals surface area contributed by atoms with Crippen LogP contribution in [0.3, 0.4) is 0 Å². The van der Waals surface area contributed by atoms with Crippen molar-refractivity contribution in [1.82, 2.24) is 5.32 Å². The van der Waals surface area contributed by atoms with E-state index in [0.717, 1.165) is 19.8 Å². The Morgan fingerprint density at radius 1 is 1.27 bits per heavy atom. The summed E-state index contributed by atoms with van der Waals surface area (Å²) in [6.45, 7) is 7.27. The number of ether oxygens (including phenoxy) is 1. The molecule has 0 heterocycles. The summed E-state index contributed by atoms with van der Waals surface area (Å²) in [5.41, 5.74) is 0. The molecule has 2 nitrogen and oxygen atoms in total. The molecule has 11 heavy (non-hydrogen) atoms. The van der Waals surface area contributed by atoms with Crippen molar-refractivity contribution in [2.45, 2.75) is 26.7 Å². The Kier molecular flexibility index (Phi) is 7.96. The highest BCUT2D eigenvalue weighted by Gasteiger charge is 1.92. The lowest BCUT2D eigenvalue weighted by Crippen LogP contribution is -2.09. The van der Waals surface area contributed by atoms with Crippen LogP contribution in [0.1, 0.15) is 26.7 Å². The van der Waals surface area contributed by atoms with Gasteiger partial charge < -0.3 is 10.1 Å². The van der Waals surface area contributed by atoms with E-state index in [1.54, 1.807) is 0 Å². The van der Waals surface area contributed by atoms with Crippen LogP contribution >= 0.6 is 0 Å². The highest BCUT2D eigenvalue weighted by atomic mass is 16.5. The first-order valence-corrected chi connectivity index (χ1v) is 4.49. The maximum atomic E-state index is 5.41. The van der Waals surface area contributed by atoms with Crippen molar-refractivity contribution in [3.8, 4) is 0 Å². The quantitative estimate of drug-likeness (QED) is 0.570. The molecule has 0 spiro atoms. The molecule has 0 aromatic rings. The van der Waals surface area contributed by atoms with Crippen LogP contribution in [0.5, 0.6) is 0 Å². The molecular formula is C9H21NO. The third-order valence-corrected chi connectivity index (χ3v) is 1.42. The topological polar surface area (TPSA) is 21.3 Å². The molecule has 0 bridgehead atoms. The number of unbranched alkanes of at least 4 members (excludes halogenated alkanes) is 1. The van der Waals surface area contributed by atoms with E-state index in [1.807, 2.05) is 7.05 Å². The van der Waals surface area contributed by atoms with Gasteiger partial charge in [0.25, 0.3) is 0 Å². The molecule has 0 aliphatic rings. The highest BCUT2D eigenvalue weighted by molar-refractivity contribution is 4.43. The van der Waals surface area contributed by atoms with E-state index in [1.165, 1.54) is 12.8 Å². The van der Waals surface area contributed by atoms with Crippen LogP contribution in [0.25, 0.3) is 0 Å². The highest BCUT2D eigenvalue weighted by Crippen LogP contribution is 1.94. The minimum Gasteiger partial charge on any atom is -0.381 e. The van der Waals surface area contributed by atoms with E-state index in [0.29, 0.717) is 5.92 Å². The van der Waals surface area contributed by atoms with E-state index in [4.69, 9.17) is 4.74 Å². The third kappa shape index (κ3) is 9.92. The van der Waals surface area contributed by atoms with Gasteiger partial charge in [0.05, 0.1) is 0 Å². The molecule has 0 rings (SSSR count). The largest absolute Gasteiger partial charge is 0.381 e. The molecule has 2 heteroatoms. The lowest BCUT2D eigenvalue weighted by molar-refractivity contribution is 0.107. The van der Waals surface area contributed by atoms with Crippen molar-refractivity contribution >= 4 is 0 Å². The molecule has 1 N–H and O–H groups in total. The van der Waals surface area contributed by atoms with Gasteiger partial charge in [0.1, 0.15) is 0 Å². The van der Waals surface area contributed by atoms with E-state index >= 15 is 0 Å². The van der Waals surface area contributed by atoms with Crippen LogP contribution < -0.4 is 5.32 Å². The normalized spacial score (nSPS) is 10.9. The van der Waals surface area contributed by atoms with Gasteiger partial charge in [-0.25, -0.2) is 0 Å². The molecule has 0 aromatic carbocycles. The van der Waals surface area contributed by atoms with Crippen LogP contribution in [-0.4, -0.2) is 26.8 Å². The third-order valence-electron chi connectivity index (χ3n) is 1.42. The summed E-state index contributed by atoms with van der Waals surface area (Å²) in [7, 11) is 1.98. The molecular weight excluding hydrogens is 138 g/mol. The van der Waals surface area contributed by atoms with Gasteiger partial charge in [-0.05, 0) is 32.4 Å². The van der Waals surface area contributed by atoms with Crippen molar-refractivity contribution in [2.24, 2.45) is 5.92 Å². The molecule has 68 valence electrons. The van der Waals surface area contributed by atoms with Crippen LogP contribution in [-0.2, 0) is 4.74 Å². The second-order valence-corrected chi connectivity index (χ2v) is 3.28. The molecule has 0 atom stereocenters. The fraction of sp³-hybridized carbons (Fsp3) is 1.00. The van der Waals surface area contributed by atoms with E-state index < -0.39 is 0 Å². The first-order chi connectivity index (χ1) is 5.27. The zero-order chi connectivity index (χ0) is 8.53. The molecule has 0 aromatic heterocycles. The summed E-state index contributed by atoms with van der Waals surface area (Å²) in [6, 6.07) is 0. The summed E-state index contributed by atoms with van der Waals surface area (Å²) < 4.78 is 5.41. The van der Waals surface area contributed by atoms with Gasteiger partial charge in [0, 0.05) is 13.2 Å². The fourth-order valence-electron chi connectivity index (χ4n) is 0.825. The summed E-state index contributed by atoms with van der Waals surface area (Å²) in [6.07, 6.45) is 2.39. The second kappa shape index (κ2) is 8.02. The molecule has 0 saturated carbocycles. The van der Waals surface area contributed by atoms with Gasteiger partial charge in [0.2, 0.25) is 0 Å². The average Bonchev–Trinajstić information content (AvgIpc) is 1.96. The van der Waals surface area contributed by atoms with Crippen molar-refractivity contribution in [3.05, 3.63) is 0 Å². The molecule has 0 fully saturated rings. The van der Waals surface area contributed by atoms with Gasteiger partial charge in [-0.15, -0.1) is 0 Å². The van der Waals surface area contributed by atoms with E-state index in [9.17, 15) is 0 Å². The van der Waals surface area contributed by atoms with Crippen LogP contribution in [0, 0.1) is 5.92 Å². The Balaban J connectivity index is 2.80. The standard InChI is InChI=1S/C9H21NO/c1-9(2)8-11-7-5-4-6-10-3/h9-10H,4-8H2,1-3H3. The molecule has 0 amide bonds. The maximum absolute atomic E-state index is 5.41. The fourth-order valence-corrected chi connectivity index (χ4v) is 0.825. The van der Waals surface area contributed by atoms with Crippen molar-refractivity contribution in [2.75, 3.05) is 26.8 Å². The zero-order valence-corrected chi connectivity index (χ0v) is 8.02. The van der Waals surface area contributed by atoms with Gasteiger partial charge in [-0.3, -0.25) is 0 Å². The SMILES string of the molecule is CNCCCCOCC(C)C. The monoisotopic (exact) mass is 159 g/mol. The van der Waals surface area contributed by atoms with E-state index in [2.05, 4.69) is 19.2 Å². The van der Waals surface area contributed by atoms with Crippen molar-refractivity contribution in [1.29, 1.82) is 0 Å². The Labute approximate surface area is 70.3 Å². The number of hydrogen-bond acceptors (Lipinski definition) is 2. The summed E-state index contributed by atoms with van der Waals surface area (Å²) in [5.74, 6) is 0.666. The van der Waals surface area contributed by atoms with Gasteiger partial charge in [-0.1, -0.05) is 13.8 Å². The molecule has 0 aliphatic heterocycles. The predicted octanol–water partition coefficient (Wildman–Crippen LogP) is 1.66. The van der Waals surface area contributed by atoms with Crippen LogP contribution in [0.4, 0.5) is 0 Å². The minimum atomic E-state index is 0.666. The first kappa shape index (κ1) is 10.9. The van der Waals surface area contributed by atoms with Gasteiger partial charge in [-0.2, -0.15) is 0 Å². The van der Waals surface area contributed by atoms with Crippen LogP contribution in [0.2, 0.25) is 0 Å². The molecule has 0 saturated heterocycles. The Morgan fingerprint density at radius 3 is 2.55 bits per heavy atom. The maximum Gasteiger partial charge on any atom is 0.0488 e. The van der Waals surface area contributed by atoms with Gasteiger partial charge >= 0.3 is 0 Å². The minimum absolute atomic E-state index is 0.666. The molecule has 0 radical (unpaired) electrons. The summed E-state index contributed by atoms with van der Waals surface area (Å²) >= 11 is 0. The molecule has 0 unspecified atom stereocenters. The number of rotatable bonds is 7. The van der Waals surface area contributed by atoms with Gasteiger partial charge in [0.15, 0.2) is 0 Å².